The largest absolute Gasteiger partial charge is 0.351 e. The number of hydrogen-bond donors (Lipinski definition) is 1. The van der Waals surface area contributed by atoms with Crippen molar-refractivity contribution < 1.29 is 13.6 Å². The highest BCUT2D eigenvalue weighted by atomic mass is 32.2. The summed E-state index contributed by atoms with van der Waals surface area (Å²) in [5.41, 5.74) is 1.58. The van der Waals surface area contributed by atoms with E-state index in [0.29, 0.717) is 23.7 Å². The first-order chi connectivity index (χ1) is 14.0. The molecule has 0 unspecified atom stereocenters. The molecule has 3 heterocycles. The molecule has 0 saturated carbocycles. The number of carbonyl (C=O) groups excluding carboxylic acids is 1. The van der Waals surface area contributed by atoms with Crippen LogP contribution in [0.3, 0.4) is 0 Å². The lowest BCUT2D eigenvalue weighted by Crippen LogP contribution is -2.27. The fourth-order valence-corrected chi connectivity index (χ4v) is 4.36. The molecule has 0 aliphatic carbocycles. The third-order valence-electron chi connectivity index (χ3n) is 5.01. The fraction of sp³-hybridized carbons (Fsp3) is 0.350. The molecule has 1 fully saturated rings. The second-order valence-electron chi connectivity index (χ2n) is 6.85. The lowest BCUT2D eigenvalue weighted by atomic mass is 10.0. The molecular formula is C20H21F2N5OS. The van der Waals surface area contributed by atoms with E-state index >= 15 is 0 Å². The van der Waals surface area contributed by atoms with Crippen molar-refractivity contribution in [3.05, 3.63) is 53.6 Å². The molecule has 1 saturated heterocycles. The van der Waals surface area contributed by atoms with Gasteiger partial charge < -0.3 is 10.2 Å². The second-order valence-corrected chi connectivity index (χ2v) is 7.70. The number of benzene rings is 1. The molecule has 1 aromatic carbocycles. The van der Waals surface area contributed by atoms with Crippen LogP contribution in [0, 0.1) is 5.82 Å². The van der Waals surface area contributed by atoms with Gasteiger partial charge in [-0.25, -0.2) is 18.3 Å². The summed E-state index contributed by atoms with van der Waals surface area (Å²) < 4.78 is 29.9. The molecule has 152 valence electrons. The maximum atomic E-state index is 14.4. The Balaban J connectivity index is 1.76. The minimum Gasteiger partial charge on any atom is -0.351 e. The highest BCUT2D eigenvalue weighted by molar-refractivity contribution is 7.98. The highest BCUT2D eigenvalue weighted by Crippen LogP contribution is 2.40. The number of nitrogens with zero attached hydrogens (tertiary/aromatic N) is 4. The molecular weight excluding hydrogens is 396 g/mol. The Hall–Kier alpha value is -2.68. The van der Waals surface area contributed by atoms with Crippen LogP contribution in [0.2, 0.25) is 0 Å². The molecule has 0 radical (unpaired) electrons. The zero-order valence-corrected chi connectivity index (χ0v) is 16.9. The highest BCUT2D eigenvalue weighted by Gasteiger charge is 2.36. The standard InChI is InChI=1S/C20H21F2N5OS/c1-3-23-20(28)16-10-24-18-6-7-19(25-27(16)18)26-11-13(22)9-15(26)14-8-12(21)4-5-17(14)29-2/h4-8,10,13,15H,3,9,11H2,1-2H3,(H,23,28)/t13-,15+/m0/s1. The molecule has 6 nitrogen and oxygen atoms in total. The van der Waals surface area contributed by atoms with E-state index in [-0.39, 0.29) is 30.7 Å². The van der Waals surface area contributed by atoms with Crippen molar-refractivity contribution in [3.8, 4) is 0 Å². The van der Waals surface area contributed by atoms with Gasteiger partial charge in [0.2, 0.25) is 0 Å². The van der Waals surface area contributed by atoms with Gasteiger partial charge in [-0.3, -0.25) is 4.79 Å². The van der Waals surface area contributed by atoms with E-state index in [1.807, 2.05) is 18.1 Å². The van der Waals surface area contributed by atoms with Crippen molar-refractivity contribution in [2.45, 2.75) is 30.5 Å². The van der Waals surface area contributed by atoms with E-state index in [0.717, 1.165) is 10.5 Å². The van der Waals surface area contributed by atoms with Crippen LogP contribution in [0.25, 0.3) is 5.65 Å². The Morgan fingerprint density at radius 3 is 2.93 bits per heavy atom. The van der Waals surface area contributed by atoms with Gasteiger partial charge in [0.05, 0.1) is 18.8 Å². The minimum absolute atomic E-state index is 0.151. The lowest BCUT2D eigenvalue weighted by molar-refractivity contribution is 0.0949. The number of nitrogens with one attached hydrogen (secondary N) is 1. The third-order valence-corrected chi connectivity index (χ3v) is 5.82. The van der Waals surface area contributed by atoms with Gasteiger partial charge in [0.15, 0.2) is 11.3 Å². The summed E-state index contributed by atoms with van der Waals surface area (Å²) in [7, 11) is 0. The van der Waals surface area contributed by atoms with Gasteiger partial charge in [-0.2, -0.15) is 0 Å². The molecule has 2 atom stereocenters. The van der Waals surface area contributed by atoms with Gasteiger partial charge in [0.1, 0.15) is 17.8 Å². The van der Waals surface area contributed by atoms with Crippen LogP contribution < -0.4 is 10.2 Å². The molecule has 1 aliphatic rings. The first-order valence-electron chi connectivity index (χ1n) is 9.39. The maximum absolute atomic E-state index is 14.4. The van der Waals surface area contributed by atoms with Gasteiger partial charge in [0, 0.05) is 17.9 Å². The van der Waals surface area contributed by atoms with E-state index in [1.54, 1.807) is 18.2 Å². The van der Waals surface area contributed by atoms with Crippen LogP contribution in [0.4, 0.5) is 14.6 Å². The van der Waals surface area contributed by atoms with Gasteiger partial charge in [-0.15, -0.1) is 16.9 Å². The van der Waals surface area contributed by atoms with Crippen LogP contribution in [0.15, 0.2) is 41.4 Å². The van der Waals surface area contributed by atoms with E-state index in [2.05, 4.69) is 15.4 Å². The summed E-state index contributed by atoms with van der Waals surface area (Å²) >= 11 is 1.50. The molecule has 2 aromatic heterocycles. The SMILES string of the molecule is CCNC(=O)c1cnc2ccc(N3C[C@@H](F)C[C@@H]3c3cc(F)ccc3SC)nn12. The van der Waals surface area contributed by atoms with Crippen LogP contribution >= 0.6 is 11.8 Å². The van der Waals surface area contributed by atoms with Gasteiger partial charge >= 0.3 is 0 Å². The number of imidazole rings is 1. The maximum Gasteiger partial charge on any atom is 0.271 e. The fourth-order valence-electron chi connectivity index (χ4n) is 3.72. The van der Waals surface area contributed by atoms with E-state index in [1.165, 1.54) is 34.6 Å². The van der Waals surface area contributed by atoms with Crippen molar-refractivity contribution >= 4 is 29.1 Å². The average molecular weight is 417 g/mol. The van der Waals surface area contributed by atoms with Crippen molar-refractivity contribution in [3.63, 3.8) is 0 Å². The van der Waals surface area contributed by atoms with Crippen LogP contribution in [-0.4, -0.2) is 46.0 Å². The van der Waals surface area contributed by atoms with Crippen molar-refractivity contribution in [1.29, 1.82) is 0 Å². The number of fused-ring (bicyclic) bond motifs is 1. The Bertz CT molecular complexity index is 1060. The van der Waals surface area contributed by atoms with Crippen molar-refractivity contribution in [1.82, 2.24) is 19.9 Å². The zero-order chi connectivity index (χ0) is 20.5. The number of alkyl halides is 1. The Labute approximate surface area is 171 Å². The summed E-state index contributed by atoms with van der Waals surface area (Å²) in [4.78, 5) is 19.2. The van der Waals surface area contributed by atoms with Crippen LogP contribution in [0.5, 0.6) is 0 Å². The van der Waals surface area contributed by atoms with Crippen LogP contribution in [-0.2, 0) is 0 Å². The molecule has 29 heavy (non-hydrogen) atoms. The number of carbonyl (C=O) groups is 1. The normalized spacial score (nSPS) is 19.1. The molecule has 3 aromatic rings. The first-order valence-corrected chi connectivity index (χ1v) is 10.6. The zero-order valence-electron chi connectivity index (χ0n) is 16.1. The minimum atomic E-state index is -1.05. The number of aromatic nitrogens is 3. The van der Waals surface area contributed by atoms with Crippen molar-refractivity contribution in [2.24, 2.45) is 0 Å². The van der Waals surface area contributed by atoms with E-state index in [4.69, 9.17) is 0 Å². The Morgan fingerprint density at radius 1 is 1.34 bits per heavy atom. The molecule has 1 aliphatic heterocycles. The molecule has 0 spiro atoms. The van der Waals surface area contributed by atoms with Crippen LogP contribution in [0.1, 0.15) is 35.4 Å². The topological polar surface area (TPSA) is 62.5 Å². The summed E-state index contributed by atoms with van der Waals surface area (Å²) in [5, 5.41) is 7.29. The summed E-state index contributed by atoms with van der Waals surface area (Å²) in [6, 6.07) is 7.76. The van der Waals surface area contributed by atoms with Gasteiger partial charge in [-0.05, 0) is 49.1 Å². The molecule has 9 heteroatoms. The monoisotopic (exact) mass is 417 g/mol. The summed E-state index contributed by atoms with van der Waals surface area (Å²) in [6.45, 7) is 2.47. The number of anilines is 1. The van der Waals surface area contributed by atoms with E-state index < -0.39 is 6.17 Å². The number of rotatable bonds is 5. The molecule has 1 N–H and O–H groups in total. The Kier molecular flexibility index (Phi) is 5.40. The number of thioether (sulfide) groups is 1. The average Bonchev–Trinajstić information content (AvgIpc) is 3.31. The lowest BCUT2D eigenvalue weighted by Gasteiger charge is -2.27. The third kappa shape index (κ3) is 3.66. The van der Waals surface area contributed by atoms with Gasteiger partial charge in [-0.1, -0.05) is 0 Å². The molecule has 1 amide bonds. The molecule has 0 bridgehead atoms. The predicted molar refractivity (Wildman–Crippen MR) is 109 cm³/mol. The van der Waals surface area contributed by atoms with E-state index in [9.17, 15) is 13.6 Å². The predicted octanol–water partition coefficient (Wildman–Crippen LogP) is 3.63. The van der Waals surface area contributed by atoms with Gasteiger partial charge in [0.25, 0.3) is 5.91 Å². The molecule has 4 rings (SSSR count). The smallest absolute Gasteiger partial charge is 0.271 e. The quantitative estimate of drug-likeness (QED) is 0.643. The number of amides is 1. The number of hydrogen-bond acceptors (Lipinski definition) is 5. The second kappa shape index (κ2) is 7.98. The summed E-state index contributed by atoms with van der Waals surface area (Å²) in [5.74, 6) is -0.111. The number of halogens is 2. The first kappa shape index (κ1) is 19.6. The van der Waals surface area contributed by atoms with Crippen molar-refractivity contribution in [2.75, 3.05) is 24.2 Å². The summed E-state index contributed by atoms with van der Waals surface area (Å²) in [6.07, 6.45) is 2.58. The Morgan fingerprint density at radius 2 is 2.17 bits per heavy atom.